The molecule has 4 nitrogen and oxygen atoms in total. The maximum atomic E-state index is 11.6. The van der Waals surface area contributed by atoms with Gasteiger partial charge in [0.05, 0.1) is 18.4 Å². The zero-order valence-electron chi connectivity index (χ0n) is 9.46. The largest absolute Gasteiger partial charge is 0.452 e. The minimum Gasteiger partial charge on any atom is -0.452 e. The van der Waals surface area contributed by atoms with Crippen LogP contribution in [0.4, 0.5) is 0 Å². The predicted octanol–water partition coefficient (Wildman–Crippen LogP) is 2.28. The average Bonchev–Trinajstić information content (AvgIpc) is 2.58. The third-order valence-corrected chi connectivity index (χ3v) is 2.40. The number of ketones is 1. The Balaban J connectivity index is 2.55. The molecule has 0 unspecified atom stereocenters. The Bertz CT molecular complexity index is 404. The molecule has 0 saturated heterocycles. The smallest absolute Gasteiger partial charge is 0.256 e. The number of rotatable bonds is 3. The van der Waals surface area contributed by atoms with Gasteiger partial charge in [0.1, 0.15) is 0 Å². The van der Waals surface area contributed by atoms with Gasteiger partial charge in [-0.2, -0.15) is 0 Å². The Morgan fingerprint density at radius 1 is 1.44 bits per heavy atom. The third-order valence-electron chi connectivity index (χ3n) is 2.11. The molecule has 1 amide bonds. The summed E-state index contributed by atoms with van der Waals surface area (Å²) in [5.74, 6) is -0.447. The van der Waals surface area contributed by atoms with Crippen LogP contribution in [0.3, 0.4) is 0 Å². The molecule has 0 atom stereocenters. The number of amides is 1. The van der Waals surface area contributed by atoms with Crippen LogP contribution in [0.1, 0.15) is 31.1 Å². The molecule has 0 aromatic carbocycles. The Morgan fingerprint density at radius 2 is 2.06 bits per heavy atom. The minimum atomic E-state index is -0.465. The van der Waals surface area contributed by atoms with Gasteiger partial charge in [-0.25, -0.2) is 0 Å². The molecule has 0 aliphatic carbocycles. The van der Waals surface area contributed by atoms with Crippen molar-refractivity contribution in [2.24, 2.45) is 5.41 Å². The Hall–Kier alpha value is -1.29. The molecule has 5 heteroatoms. The van der Waals surface area contributed by atoms with Gasteiger partial charge in [-0.3, -0.25) is 9.59 Å². The first-order valence-corrected chi connectivity index (χ1v) is 5.24. The molecule has 1 rings (SSSR count). The third kappa shape index (κ3) is 3.10. The zero-order chi connectivity index (χ0) is 12.3. The topological polar surface area (TPSA) is 59.3 Å². The van der Waals surface area contributed by atoms with E-state index in [4.69, 9.17) is 16.0 Å². The van der Waals surface area contributed by atoms with Gasteiger partial charge in [0, 0.05) is 5.41 Å². The van der Waals surface area contributed by atoms with E-state index in [2.05, 4.69) is 5.32 Å². The second-order valence-corrected chi connectivity index (χ2v) is 4.81. The summed E-state index contributed by atoms with van der Waals surface area (Å²) in [6.45, 7) is 5.38. The van der Waals surface area contributed by atoms with Crippen LogP contribution in [0.25, 0.3) is 0 Å². The molecule has 0 aliphatic rings. The van der Waals surface area contributed by atoms with E-state index in [0.717, 1.165) is 0 Å². The normalized spacial score (nSPS) is 11.2. The molecule has 0 aliphatic heterocycles. The van der Waals surface area contributed by atoms with Gasteiger partial charge in [0.25, 0.3) is 5.91 Å². The van der Waals surface area contributed by atoms with E-state index < -0.39 is 11.3 Å². The van der Waals surface area contributed by atoms with E-state index in [9.17, 15) is 9.59 Å². The van der Waals surface area contributed by atoms with Crippen LogP contribution in [0.15, 0.2) is 16.7 Å². The molecule has 0 spiro atoms. The summed E-state index contributed by atoms with van der Waals surface area (Å²) in [5.41, 5.74) is -0.226. The van der Waals surface area contributed by atoms with Crippen molar-refractivity contribution < 1.29 is 14.0 Å². The molecule has 1 N–H and O–H groups in total. The van der Waals surface area contributed by atoms with Crippen LogP contribution in [0.2, 0.25) is 5.22 Å². The van der Waals surface area contributed by atoms with E-state index in [1.807, 2.05) is 0 Å². The summed E-state index contributed by atoms with van der Waals surface area (Å²) in [6.07, 6.45) is 1.32. The van der Waals surface area contributed by atoms with E-state index in [1.54, 1.807) is 20.8 Å². The summed E-state index contributed by atoms with van der Waals surface area (Å²) in [7, 11) is 0. The lowest BCUT2D eigenvalue weighted by Gasteiger charge is -2.16. The van der Waals surface area contributed by atoms with Crippen LogP contribution < -0.4 is 5.32 Å². The number of furan rings is 1. The van der Waals surface area contributed by atoms with Gasteiger partial charge < -0.3 is 9.73 Å². The van der Waals surface area contributed by atoms with Crippen molar-refractivity contribution in [2.75, 3.05) is 6.54 Å². The molecular weight excluding hydrogens is 230 g/mol. The Labute approximate surface area is 99.0 Å². The molecule has 1 aromatic rings. The van der Waals surface area contributed by atoms with Gasteiger partial charge in [-0.05, 0) is 17.7 Å². The highest BCUT2D eigenvalue weighted by Crippen LogP contribution is 2.17. The average molecular weight is 244 g/mol. The highest BCUT2D eigenvalue weighted by atomic mass is 35.5. The summed E-state index contributed by atoms with van der Waals surface area (Å²) < 4.78 is 4.78. The summed E-state index contributed by atoms with van der Waals surface area (Å²) in [5, 5.41) is 2.53. The van der Waals surface area contributed by atoms with Crippen molar-refractivity contribution in [3.05, 3.63) is 23.1 Å². The van der Waals surface area contributed by atoms with Gasteiger partial charge in [0.15, 0.2) is 5.78 Å². The predicted molar refractivity (Wildman–Crippen MR) is 60.5 cm³/mol. The Kier molecular flexibility index (Phi) is 3.75. The van der Waals surface area contributed by atoms with Crippen molar-refractivity contribution >= 4 is 23.3 Å². The maximum absolute atomic E-state index is 11.6. The molecule has 0 bridgehead atoms. The van der Waals surface area contributed by atoms with Gasteiger partial charge in [-0.1, -0.05) is 20.8 Å². The molecule has 0 saturated carbocycles. The monoisotopic (exact) mass is 243 g/mol. The van der Waals surface area contributed by atoms with Crippen molar-refractivity contribution in [1.82, 2.24) is 5.32 Å². The van der Waals surface area contributed by atoms with Gasteiger partial charge >= 0.3 is 0 Å². The first-order chi connectivity index (χ1) is 7.32. The van der Waals surface area contributed by atoms with Crippen molar-refractivity contribution in [1.29, 1.82) is 0 Å². The standard InChI is InChI=1S/C11H14ClNO3/c1-11(2,3)8(14)6-13-10(15)7-4-5-16-9(7)12/h4-5H,6H2,1-3H3,(H,13,15). The minimum absolute atomic E-state index is 0.0101. The molecule has 16 heavy (non-hydrogen) atoms. The van der Waals surface area contributed by atoms with Crippen molar-refractivity contribution in [3.63, 3.8) is 0 Å². The lowest BCUT2D eigenvalue weighted by molar-refractivity contribution is -0.125. The van der Waals surface area contributed by atoms with Crippen LogP contribution in [0, 0.1) is 5.41 Å². The maximum Gasteiger partial charge on any atom is 0.256 e. The molecule has 88 valence electrons. The Morgan fingerprint density at radius 3 is 2.50 bits per heavy atom. The lowest BCUT2D eigenvalue weighted by atomic mass is 9.91. The number of carbonyl (C=O) groups is 2. The highest BCUT2D eigenvalue weighted by Gasteiger charge is 2.22. The number of hydrogen-bond donors (Lipinski definition) is 1. The van der Waals surface area contributed by atoms with Crippen molar-refractivity contribution in [3.8, 4) is 0 Å². The van der Waals surface area contributed by atoms with Crippen LogP contribution in [-0.4, -0.2) is 18.2 Å². The number of Topliss-reactive ketones (excluding diaryl/α,β-unsaturated/α-hetero) is 1. The van der Waals surface area contributed by atoms with E-state index in [0.29, 0.717) is 0 Å². The molecule has 1 aromatic heterocycles. The van der Waals surface area contributed by atoms with Gasteiger partial charge in [0.2, 0.25) is 5.22 Å². The fraction of sp³-hybridized carbons (Fsp3) is 0.455. The van der Waals surface area contributed by atoms with E-state index >= 15 is 0 Å². The number of hydrogen-bond acceptors (Lipinski definition) is 3. The van der Waals surface area contributed by atoms with Crippen molar-refractivity contribution in [2.45, 2.75) is 20.8 Å². The van der Waals surface area contributed by atoms with Crippen LogP contribution in [0.5, 0.6) is 0 Å². The second kappa shape index (κ2) is 4.70. The molecule has 0 fully saturated rings. The first-order valence-electron chi connectivity index (χ1n) is 4.87. The van der Waals surface area contributed by atoms with Crippen LogP contribution >= 0.6 is 11.6 Å². The fourth-order valence-corrected chi connectivity index (χ4v) is 1.18. The van der Waals surface area contributed by atoms with E-state index in [1.165, 1.54) is 12.3 Å². The zero-order valence-corrected chi connectivity index (χ0v) is 10.2. The molecule has 1 heterocycles. The summed E-state index contributed by atoms with van der Waals surface area (Å²) in [4.78, 5) is 23.1. The molecular formula is C11H14ClNO3. The fourth-order valence-electron chi connectivity index (χ4n) is 0.977. The lowest BCUT2D eigenvalue weighted by Crippen LogP contribution is -2.35. The number of nitrogens with one attached hydrogen (secondary N) is 1. The quantitative estimate of drug-likeness (QED) is 0.886. The number of halogens is 1. The van der Waals surface area contributed by atoms with E-state index in [-0.39, 0.29) is 23.1 Å². The summed E-state index contributed by atoms with van der Waals surface area (Å²) in [6, 6.07) is 1.46. The SMILES string of the molecule is CC(C)(C)C(=O)CNC(=O)c1ccoc1Cl. The second-order valence-electron chi connectivity index (χ2n) is 4.46. The van der Waals surface area contributed by atoms with Gasteiger partial charge in [-0.15, -0.1) is 0 Å². The summed E-state index contributed by atoms with van der Waals surface area (Å²) >= 11 is 5.63. The van der Waals surface area contributed by atoms with Crippen LogP contribution in [-0.2, 0) is 4.79 Å². The highest BCUT2D eigenvalue weighted by molar-refractivity contribution is 6.32. The number of carbonyl (C=O) groups excluding carboxylic acids is 2. The first kappa shape index (κ1) is 12.8. The molecule has 0 radical (unpaired) electrons.